The molecule has 20 heavy (non-hydrogen) atoms. The Bertz CT molecular complexity index is 431. The lowest BCUT2D eigenvalue weighted by Gasteiger charge is -2.45. The van der Waals surface area contributed by atoms with Crippen LogP contribution in [-0.4, -0.2) is 42.2 Å². The molecule has 0 saturated carbocycles. The molecule has 1 unspecified atom stereocenters. The topological polar surface area (TPSA) is 26.7 Å². The molecule has 1 N–H and O–H groups in total. The normalized spacial score (nSPS) is 25.3. The Balaban J connectivity index is 1.67. The van der Waals surface area contributed by atoms with Crippen molar-refractivity contribution in [2.45, 2.75) is 44.8 Å². The molecule has 3 rings (SSSR count). The molecule has 0 aliphatic carbocycles. The number of hydrogen-bond donors (Lipinski definition) is 1. The molecule has 0 amide bonds. The zero-order chi connectivity index (χ0) is 13.9. The largest absolute Gasteiger partial charge is 0.388 e. The Labute approximate surface area is 122 Å². The summed E-state index contributed by atoms with van der Waals surface area (Å²) >= 11 is 0. The third-order valence-corrected chi connectivity index (χ3v) is 4.87. The van der Waals surface area contributed by atoms with Crippen LogP contribution in [0.15, 0.2) is 24.3 Å². The van der Waals surface area contributed by atoms with Gasteiger partial charge in [-0.05, 0) is 43.5 Å². The zero-order valence-corrected chi connectivity index (χ0v) is 12.5. The van der Waals surface area contributed by atoms with Crippen molar-refractivity contribution in [3.8, 4) is 0 Å². The van der Waals surface area contributed by atoms with Gasteiger partial charge in [0.2, 0.25) is 0 Å². The molecule has 110 valence electrons. The summed E-state index contributed by atoms with van der Waals surface area (Å²) in [7, 11) is 0. The highest BCUT2D eigenvalue weighted by Gasteiger charge is 2.28. The van der Waals surface area contributed by atoms with E-state index < -0.39 is 0 Å². The Morgan fingerprint density at radius 2 is 1.95 bits per heavy atom. The minimum atomic E-state index is -0.320. The van der Waals surface area contributed by atoms with Crippen molar-refractivity contribution < 1.29 is 5.11 Å². The Morgan fingerprint density at radius 3 is 2.70 bits per heavy atom. The maximum absolute atomic E-state index is 9.86. The van der Waals surface area contributed by atoms with Crippen molar-refractivity contribution in [3.05, 3.63) is 29.8 Å². The average Bonchev–Trinajstić information content (AvgIpc) is 2.54. The number of piperidine rings is 1. The highest BCUT2D eigenvalue weighted by atomic mass is 16.3. The van der Waals surface area contributed by atoms with Crippen LogP contribution in [-0.2, 0) is 0 Å². The van der Waals surface area contributed by atoms with Crippen LogP contribution in [0.2, 0.25) is 0 Å². The van der Waals surface area contributed by atoms with E-state index in [4.69, 9.17) is 0 Å². The van der Waals surface area contributed by atoms with E-state index in [2.05, 4.69) is 34.1 Å². The summed E-state index contributed by atoms with van der Waals surface area (Å²) in [4.78, 5) is 5.17. The number of anilines is 1. The molecular weight excluding hydrogens is 248 g/mol. The zero-order valence-electron chi connectivity index (χ0n) is 12.5. The van der Waals surface area contributed by atoms with Gasteiger partial charge in [0.05, 0.1) is 6.10 Å². The highest BCUT2D eigenvalue weighted by Crippen LogP contribution is 2.26. The van der Waals surface area contributed by atoms with Crippen molar-refractivity contribution in [1.29, 1.82) is 0 Å². The van der Waals surface area contributed by atoms with Crippen LogP contribution < -0.4 is 4.90 Å². The molecule has 0 spiro atoms. The number of rotatable bonds is 3. The molecule has 0 radical (unpaired) electrons. The minimum Gasteiger partial charge on any atom is -0.388 e. The van der Waals surface area contributed by atoms with Gasteiger partial charge in [0.1, 0.15) is 0 Å². The van der Waals surface area contributed by atoms with Gasteiger partial charge in [0, 0.05) is 31.4 Å². The summed E-state index contributed by atoms with van der Waals surface area (Å²) in [6.45, 7) is 6.80. The van der Waals surface area contributed by atoms with Gasteiger partial charge in [-0.2, -0.15) is 0 Å². The van der Waals surface area contributed by atoms with Gasteiger partial charge in [-0.1, -0.05) is 25.5 Å². The van der Waals surface area contributed by atoms with Gasteiger partial charge in [-0.3, -0.25) is 4.90 Å². The van der Waals surface area contributed by atoms with Crippen LogP contribution in [0.3, 0.4) is 0 Å². The number of aliphatic hydroxyl groups excluding tert-OH is 1. The lowest BCUT2D eigenvalue weighted by atomic mass is 9.99. The molecule has 1 aromatic carbocycles. The first-order valence-corrected chi connectivity index (χ1v) is 8.05. The van der Waals surface area contributed by atoms with Crippen LogP contribution in [0.5, 0.6) is 0 Å². The third kappa shape index (κ3) is 2.84. The lowest BCUT2D eigenvalue weighted by molar-refractivity contribution is 0.133. The molecule has 1 aromatic rings. The van der Waals surface area contributed by atoms with E-state index in [0.717, 1.165) is 31.1 Å². The van der Waals surface area contributed by atoms with Crippen molar-refractivity contribution in [3.63, 3.8) is 0 Å². The molecule has 2 atom stereocenters. The smallest absolute Gasteiger partial charge is 0.0787 e. The summed E-state index contributed by atoms with van der Waals surface area (Å²) in [5.74, 6) is 0. The van der Waals surface area contributed by atoms with Crippen molar-refractivity contribution >= 4 is 5.69 Å². The highest BCUT2D eigenvalue weighted by molar-refractivity contribution is 5.48. The van der Waals surface area contributed by atoms with Gasteiger partial charge >= 0.3 is 0 Å². The molecule has 0 aromatic heterocycles. The van der Waals surface area contributed by atoms with Crippen LogP contribution >= 0.6 is 0 Å². The second kappa shape index (κ2) is 6.15. The number of benzene rings is 1. The first-order chi connectivity index (χ1) is 9.78. The summed E-state index contributed by atoms with van der Waals surface area (Å²) in [5, 5.41) is 9.86. The third-order valence-electron chi connectivity index (χ3n) is 4.87. The number of hydrogen-bond acceptors (Lipinski definition) is 3. The first kappa shape index (κ1) is 13.9. The summed E-state index contributed by atoms with van der Waals surface area (Å²) in [5.41, 5.74) is 2.34. The molecule has 2 heterocycles. The van der Waals surface area contributed by atoms with Crippen LogP contribution in [0.1, 0.15) is 44.3 Å². The fraction of sp³-hybridized carbons (Fsp3) is 0.647. The fourth-order valence-corrected chi connectivity index (χ4v) is 3.53. The maximum atomic E-state index is 9.86. The summed E-state index contributed by atoms with van der Waals surface area (Å²) in [6, 6.07) is 9.26. The molecule has 3 heteroatoms. The lowest BCUT2D eigenvalue weighted by Crippen LogP contribution is -2.54. The first-order valence-electron chi connectivity index (χ1n) is 8.05. The summed E-state index contributed by atoms with van der Waals surface area (Å²) < 4.78 is 0. The molecular formula is C17H26N2O. The van der Waals surface area contributed by atoms with Crippen molar-refractivity contribution in [2.75, 3.05) is 31.1 Å². The Morgan fingerprint density at radius 1 is 1.15 bits per heavy atom. The molecule has 2 fully saturated rings. The van der Waals surface area contributed by atoms with Gasteiger partial charge in [0.15, 0.2) is 0 Å². The van der Waals surface area contributed by atoms with Gasteiger partial charge < -0.3 is 10.0 Å². The van der Waals surface area contributed by atoms with E-state index in [0.29, 0.717) is 0 Å². The van der Waals surface area contributed by atoms with E-state index in [-0.39, 0.29) is 6.10 Å². The standard InChI is InChI=1S/C17H26N2O/c1-2-17(20)14-6-8-15(9-7-14)19-12-11-18-10-4-3-5-16(18)13-19/h6-9,16-17,20H,2-5,10-13H2,1H3/t16?,17-/m0/s1. The van der Waals surface area contributed by atoms with E-state index in [9.17, 15) is 5.11 Å². The number of piperazine rings is 1. The molecule has 2 saturated heterocycles. The Hall–Kier alpha value is -1.06. The molecule has 0 bridgehead atoms. The number of aliphatic hydroxyl groups is 1. The Kier molecular flexibility index (Phi) is 4.27. The van der Waals surface area contributed by atoms with Crippen molar-refractivity contribution in [1.82, 2.24) is 4.90 Å². The SMILES string of the molecule is CC[C@H](O)c1ccc(N2CCN3CCCCC3C2)cc1. The average molecular weight is 274 g/mol. The van der Waals surface area contributed by atoms with Crippen molar-refractivity contribution in [2.24, 2.45) is 0 Å². The van der Waals surface area contributed by atoms with Gasteiger partial charge in [-0.25, -0.2) is 0 Å². The second-order valence-electron chi connectivity index (χ2n) is 6.15. The summed E-state index contributed by atoms with van der Waals surface area (Å²) in [6.07, 6.45) is 4.57. The van der Waals surface area contributed by atoms with Crippen LogP contribution in [0.25, 0.3) is 0 Å². The van der Waals surface area contributed by atoms with Crippen LogP contribution in [0.4, 0.5) is 5.69 Å². The van der Waals surface area contributed by atoms with Gasteiger partial charge in [0.25, 0.3) is 0 Å². The monoisotopic (exact) mass is 274 g/mol. The van der Waals surface area contributed by atoms with E-state index in [1.54, 1.807) is 0 Å². The maximum Gasteiger partial charge on any atom is 0.0787 e. The second-order valence-corrected chi connectivity index (χ2v) is 6.15. The fourth-order valence-electron chi connectivity index (χ4n) is 3.53. The molecule has 3 nitrogen and oxygen atoms in total. The van der Waals surface area contributed by atoms with E-state index in [1.807, 2.05) is 6.92 Å². The van der Waals surface area contributed by atoms with E-state index >= 15 is 0 Å². The van der Waals surface area contributed by atoms with E-state index in [1.165, 1.54) is 38.0 Å². The molecule has 2 aliphatic heterocycles. The predicted octanol–water partition coefficient (Wildman–Crippen LogP) is 2.80. The predicted molar refractivity (Wildman–Crippen MR) is 83.1 cm³/mol. The number of fused-ring (bicyclic) bond motifs is 1. The quantitative estimate of drug-likeness (QED) is 0.918. The molecule has 2 aliphatic rings. The minimum absolute atomic E-state index is 0.320. The van der Waals surface area contributed by atoms with Crippen LogP contribution in [0, 0.1) is 0 Å². The van der Waals surface area contributed by atoms with Gasteiger partial charge in [-0.15, -0.1) is 0 Å². The number of nitrogens with zero attached hydrogens (tertiary/aromatic N) is 2.